The van der Waals surface area contributed by atoms with E-state index < -0.39 is 29.7 Å². The van der Waals surface area contributed by atoms with Crippen molar-refractivity contribution < 1.29 is 22.8 Å². The molecule has 2 aromatic carbocycles. The van der Waals surface area contributed by atoms with E-state index >= 15 is 0 Å². The normalized spacial score (nSPS) is 14.9. The van der Waals surface area contributed by atoms with Crippen LogP contribution in [0.1, 0.15) is 36.4 Å². The maximum absolute atomic E-state index is 13.2. The lowest BCUT2D eigenvalue weighted by Crippen LogP contribution is -2.35. The Kier molecular flexibility index (Phi) is 6.94. The zero-order chi connectivity index (χ0) is 22.6. The maximum Gasteiger partial charge on any atom is 0.416 e. The number of halogens is 4. The highest BCUT2D eigenvalue weighted by atomic mass is 35.5. The Hall–Kier alpha value is -2.94. The van der Waals surface area contributed by atoms with Crippen molar-refractivity contribution in [3.8, 4) is 0 Å². The van der Waals surface area contributed by atoms with Crippen LogP contribution in [-0.4, -0.2) is 25.0 Å². The third-order valence-electron chi connectivity index (χ3n) is 5.03. The number of nitrogens with zero attached hydrogens (tertiary/aromatic N) is 1. The number of carbonyl (C=O) groups is 2. The number of rotatable bonds is 6. The maximum atomic E-state index is 13.2. The smallest absolute Gasteiger partial charge is 0.370 e. The fraction of sp³-hybridized carbons (Fsp3) is 0.333. The molecule has 3 amide bonds. The van der Waals surface area contributed by atoms with Gasteiger partial charge in [-0.3, -0.25) is 4.79 Å². The fourth-order valence-corrected chi connectivity index (χ4v) is 3.87. The number of amides is 3. The second-order valence-corrected chi connectivity index (χ2v) is 7.67. The van der Waals surface area contributed by atoms with Gasteiger partial charge in [0.1, 0.15) is 0 Å². The van der Waals surface area contributed by atoms with E-state index in [4.69, 9.17) is 17.3 Å². The van der Waals surface area contributed by atoms with Crippen molar-refractivity contribution in [2.45, 2.75) is 31.5 Å². The fourth-order valence-electron chi connectivity index (χ4n) is 3.60. The van der Waals surface area contributed by atoms with Gasteiger partial charge in [0.15, 0.2) is 0 Å². The predicted octanol–water partition coefficient (Wildman–Crippen LogP) is 4.70. The third kappa shape index (κ3) is 5.81. The van der Waals surface area contributed by atoms with Gasteiger partial charge in [0, 0.05) is 18.1 Å². The average molecular weight is 455 g/mol. The number of carbonyl (C=O) groups excluding carboxylic acids is 2. The van der Waals surface area contributed by atoms with Crippen molar-refractivity contribution in [1.29, 1.82) is 0 Å². The molecule has 31 heavy (non-hydrogen) atoms. The van der Waals surface area contributed by atoms with E-state index in [9.17, 15) is 22.8 Å². The highest BCUT2D eigenvalue weighted by Gasteiger charge is 2.32. The zero-order valence-electron chi connectivity index (χ0n) is 16.5. The molecule has 1 atom stereocenters. The highest BCUT2D eigenvalue weighted by molar-refractivity contribution is 6.31. The molecule has 0 unspecified atom stereocenters. The largest absolute Gasteiger partial charge is 0.416 e. The molecule has 1 aliphatic heterocycles. The Labute approximate surface area is 182 Å². The third-order valence-corrected chi connectivity index (χ3v) is 5.38. The van der Waals surface area contributed by atoms with Crippen LogP contribution in [0.25, 0.3) is 0 Å². The van der Waals surface area contributed by atoms with Gasteiger partial charge in [0.2, 0.25) is 5.91 Å². The van der Waals surface area contributed by atoms with Gasteiger partial charge in [0.25, 0.3) is 0 Å². The molecule has 0 spiro atoms. The monoisotopic (exact) mass is 454 g/mol. The first kappa shape index (κ1) is 22.7. The second-order valence-electron chi connectivity index (χ2n) is 7.26. The lowest BCUT2D eigenvalue weighted by atomic mass is 10.0. The number of nitrogens with one attached hydrogen (secondary N) is 2. The lowest BCUT2D eigenvalue weighted by molar-refractivity contribution is -0.137. The standard InChI is InChI=1S/C21H22ClF3N4O2/c22-15-6-2-1-5-14(15)16(28-20(26)31)12-19(30)27-17-11-13(21(23,24)25)7-8-18(17)29-9-3-4-10-29/h1-2,5-8,11,16H,3-4,9-10,12H2,(H,27,30)(H3,26,28,31)/t16-/m1/s1. The topological polar surface area (TPSA) is 87.5 Å². The molecule has 0 aromatic heterocycles. The average Bonchev–Trinajstić information content (AvgIpc) is 3.21. The van der Waals surface area contributed by atoms with Crippen LogP contribution in [0.2, 0.25) is 5.02 Å². The van der Waals surface area contributed by atoms with E-state index in [0.29, 0.717) is 29.4 Å². The van der Waals surface area contributed by atoms with E-state index in [-0.39, 0.29) is 12.1 Å². The number of hydrogen-bond donors (Lipinski definition) is 3. The molecule has 0 saturated carbocycles. The van der Waals surface area contributed by atoms with E-state index in [1.54, 1.807) is 24.3 Å². The van der Waals surface area contributed by atoms with Crippen molar-refractivity contribution in [2.24, 2.45) is 5.73 Å². The van der Waals surface area contributed by atoms with Crippen LogP contribution in [0.15, 0.2) is 42.5 Å². The Morgan fingerprint density at radius 2 is 1.81 bits per heavy atom. The van der Waals surface area contributed by atoms with Crippen molar-refractivity contribution in [3.63, 3.8) is 0 Å². The Bertz CT molecular complexity index is 962. The van der Waals surface area contributed by atoms with Crippen molar-refractivity contribution in [2.75, 3.05) is 23.3 Å². The number of hydrogen-bond acceptors (Lipinski definition) is 3. The molecular formula is C21H22ClF3N4O2. The van der Waals surface area contributed by atoms with E-state index in [1.807, 2.05) is 4.90 Å². The van der Waals surface area contributed by atoms with Crippen LogP contribution in [-0.2, 0) is 11.0 Å². The first-order valence-corrected chi connectivity index (χ1v) is 10.1. The van der Waals surface area contributed by atoms with Gasteiger partial charge in [0.05, 0.1) is 29.4 Å². The van der Waals surface area contributed by atoms with Crippen LogP contribution < -0.4 is 21.3 Å². The molecule has 0 aliphatic carbocycles. The van der Waals surface area contributed by atoms with Gasteiger partial charge in [-0.1, -0.05) is 29.8 Å². The summed E-state index contributed by atoms with van der Waals surface area (Å²) in [6, 6.07) is 8.23. The minimum absolute atomic E-state index is 0.0682. The molecule has 0 bridgehead atoms. The molecule has 4 N–H and O–H groups in total. The summed E-state index contributed by atoms with van der Waals surface area (Å²) in [4.78, 5) is 26.1. The van der Waals surface area contributed by atoms with E-state index in [2.05, 4.69) is 10.6 Å². The Morgan fingerprint density at radius 3 is 2.42 bits per heavy atom. The molecule has 1 heterocycles. The number of benzene rings is 2. The summed E-state index contributed by atoms with van der Waals surface area (Å²) in [7, 11) is 0. The molecule has 3 rings (SSSR count). The van der Waals surface area contributed by atoms with Crippen LogP contribution in [0, 0.1) is 0 Å². The molecule has 2 aromatic rings. The Balaban J connectivity index is 1.86. The van der Waals surface area contributed by atoms with E-state index in [0.717, 1.165) is 25.0 Å². The van der Waals surface area contributed by atoms with Gasteiger partial charge < -0.3 is 21.3 Å². The van der Waals surface area contributed by atoms with Gasteiger partial charge in [-0.15, -0.1) is 0 Å². The summed E-state index contributed by atoms with van der Waals surface area (Å²) in [5.74, 6) is -0.585. The summed E-state index contributed by atoms with van der Waals surface area (Å²) in [6.07, 6.45) is -2.96. The SMILES string of the molecule is NC(=O)N[C@H](CC(=O)Nc1cc(C(F)(F)F)ccc1N1CCCC1)c1ccccc1Cl. The number of alkyl halides is 3. The van der Waals surface area contributed by atoms with Crippen LogP contribution in [0.5, 0.6) is 0 Å². The summed E-state index contributed by atoms with van der Waals surface area (Å²) < 4.78 is 39.7. The highest BCUT2D eigenvalue weighted by Crippen LogP contribution is 2.37. The summed E-state index contributed by atoms with van der Waals surface area (Å²) >= 11 is 6.17. The summed E-state index contributed by atoms with van der Waals surface area (Å²) in [5.41, 5.74) is 5.44. The molecule has 1 fully saturated rings. The van der Waals surface area contributed by atoms with Gasteiger partial charge in [-0.25, -0.2) is 4.79 Å². The van der Waals surface area contributed by atoms with Crippen molar-refractivity contribution in [1.82, 2.24) is 5.32 Å². The first-order chi connectivity index (χ1) is 14.6. The van der Waals surface area contributed by atoms with Gasteiger partial charge in [-0.2, -0.15) is 13.2 Å². The van der Waals surface area contributed by atoms with Gasteiger partial charge >= 0.3 is 12.2 Å². The molecule has 1 saturated heterocycles. The second kappa shape index (κ2) is 9.47. The molecular weight excluding hydrogens is 433 g/mol. The van der Waals surface area contributed by atoms with E-state index in [1.165, 1.54) is 6.07 Å². The van der Waals surface area contributed by atoms with Gasteiger partial charge in [-0.05, 0) is 42.7 Å². The number of anilines is 2. The van der Waals surface area contributed by atoms with Crippen LogP contribution in [0.4, 0.5) is 29.3 Å². The first-order valence-electron chi connectivity index (χ1n) is 9.71. The number of primary amides is 1. The molecule has 1 aliphatic rings. The number of nitrogens with two attached hydrogens (primary N) is 1. The summed E-state index contributed by atoms with van der Waals surface area (Å²) in [5, 5.41) is 5.36. The lowest BCUT2D eigenvalue weighted by Gasteiger charge is -2.24. The minimum Gasteiger partial charge on any atom is -0.370 e. The van der Waals surface area contributed by atoms with Crippen molar-refractivity contribution in [3.05, 3.63) is 58.6 Å². The van der Waals surface area contributed by atoms with Crippen molar-refractivity contribution >= 4 is 34.9 Å². The molecule has 0 radical (unpaired) electrons. The molecule has 6 nitrogen and oxygen atoms in total. The number of urea groups is 1. The quantitative estimate of drug-likeness (QED) is 0.591. The minimum atomic E-state index is -4.54. The Morgan fingerprint density at radius 1 is 1.13 bits per heavy atom. The summed E-state index contributed by atoms with van der Waals surface area (Å²) in [6.45, 7) is 1.39. The van der Waals surface area contributed by atoms with Crippen LogP contribution >= 0.6 is 11.6 Å². The molecule has 10 heteroatoms. The zero-order valence-corrected chi connectivity index (χ0v) is 17.3. The molecule has 166 valence electrons. The van der Waals surface area contributed by atoms with Crippen LogP contribution in [0.3, 0.4) is 0 Å². The predicted molar refractivity (Wildman–Crippen MR) is 113 cm³/mol.